The van der Waals surface area contributed by atoms with Crippen LogP contribution in [0.1, 0.15) is 9.67 Å². The molecular weight excluding hydrogens is 432 g/mol. The van der Waals surface area contributed by atoms with Crippen molar-refractivity contribution in [3.05, 3.63) is 43.5 Å². The largest absolute Gasteiger partial charge is 0.378 e. The third-order valence-electron chi connectivity index (χ3n) is 3.36. The Morgan fingerprint density at radius 1 is 1.18 bits per heavy atom. The maximum atomic E-state index is 12.4. The van der Waals surface area contributed by atoms with Gasteiger partial charge in [0.15, 0.2) is 0 Å². The number of anilines is 2. The van der Waals surface area contributed by atoms with Gasteiger partial charge in [-0.1, -0.05) is 15.9 Å². The fourth-order valence-corrected chi connectivity index (χ4v) is 3.95. The first kappa shape index (κ1) is 16.0. The highest BCUT2D eigenvalue weighted by Crippen LogP contribution is 2.31. The highest BCUT2D eigenvalue weighted by atomic mass is 79.9. The second-order valence-electron chi connectivity index (χ2n) is 4.82. The van der Waals surface area contributed by atoms with Gasteiger partial charge in [0.2, 0.25) is 0 Å². The summed E-state index contributed by atoms with van der Waals surface area (Å²) < 4.78 is 7.28. The summed E-state index contributed by atoms with van der Waals surface area (Å²) in [5.41, 5.74) is 1.83. The van der Waals surface area contributed by atoms with E-state index in [4.69, 9.17) is 4.74 Å². The minimum atomic E-state index is -0.0942. The summed E-state index contributed by atoms with van der Waals surface area (Å²) in [6.07, 6.45) is 0. The molecule has 1 fully saturated rings. The number of nitrogens with one attached hydrogen (secondary N) is 1. The van der Waals surface area contributed by atoms with E-state index in [1.165, 1.54) is 11.3 Å². The maximum absolute atomic E-state index is 12.4. The van der Waals surface area contributed by atoms with Crippen LogP contribution in [0.3, 0.4) is 0 Å². The lowest BCUT2D eigenvalue weighted by Crippen LogP contribution is -2.36. The van der Waals surface area contributed by atoms with Crippen LogP contribution in [-0.4, -0.2) is 32.2 Å². The number of rotatable bonds is 3. The lowest BCUT2D eigenvalue weighted by molar-refractivity contribution is 0.103. The van der Waals surface area contributed by atoms with Crippen LogP contribution < -0.4 is 10.2 Å². The third-order valence-corrected chi connectivity index (χ3v) is 5.47. The second-order valence-corrected chi connectivity index (χ2v) is 8.20. The van der Waals surface area contributed by atoms with Crippen molar-refractivity contribution in [1.29, 1.82) is 0 Å². The molecule has 1 aromatic carbocycles. The number of nitrogens with zero attached hydrogens (tertiary/aromatic N) is 1. The van der Waals surface area contributed by atoms with Crippen molar-refractivity contribution < 1.29 is 9.53 Å². The van der Waals surface area contributed by atoms with Crippen LogP contribution >= 0.6 is 43.2 Å². The lowest BCUT2D eigenvalue weighted by atomic mass is 10.2. The van der Waals surface area contributed by atoms with Gasteiger partial charge in [0, 0.05) is 17.6 Å². The summed E-state index contributed by atoms with van der Waals surface area (Å²) in [6.45, 7) is 3.08. The molecule has 3 rings (SSSR count). The molecule has 1 aliphatic rings. The van der Waals surface area contributed by atoms with Gasteiger partial charge in [0.1, 0.15) is 0 Å². The molecule has 0 spiro atoms. The topological polar surface area (TPSA) is 41.6 Å². The average Bonchev–Trinajstić information content (AvgIpc) is 2.95. The number of ether oxygens (including phenoxy) is 1. The first-order valence-corrected chi connectivity index (χ1v) is 9.22. The zero-order valence-corrected chi connectivity index (χ0v) is 15.6. The summed E-state index contributed by atoms with van der Waals surface area (Å²) >= 11 is 8.27. The molecule has 0 bridgehead atoms. The van der Waals surface area contributed by atoms with Gasteiger partial charge in [0.05, 0.1) is 33.3 Å². The maximum Gasteiger partial charge on any atom is 0.265 e. The molecule has 0 unspecified atom stereocenters. The highest BCUT2D eigenvalue weighted by Gasteiger charge is 2.17. The Morgan fingerprint density at radius 3 is 2.64 bits per heavy atom. The number of amides is 1. The van der Waals surface area contributed by atoms with Gasteiger partial charge in [-0.2, -0.15) is 0 Å². The van der Waals surface area contributed by atoms with Gasteiger partial charge >= 0.3 is 0 Å². The SMILES string of the molecule is O=C(Nc1cc(Br)ccc1N1CCOCC1)c1ccc(Br)s1. The molecule has 0 saturated carbocycles. The minimum Gasteiger partial charge on any atom is -0.378 e. The molecule has 22 heavy (non-hydrogen) atoms. The molecule has 1 aliphatic heterocycles. The summed E-state index contributed by atoms with van der Waals surface area (Å²) in [6, 6.07) is 9.64. The lowest BCUT2D eigenvalue weighted by Gasteiger charge is -2.30. The second kappa shape index (κ2) is 7.12. The van der Waals surface area contributed by atoms with Crippen LogP contribution in [0.4, 0.5) is 11.4 Å². The van der Waals surface area contributed by atoms with E-state index in [9.17, 15) is 4.79 Å². The van der Waals surface area contributed by atoms with E-state index >= 15 is 0 Å². The Morgan fingerprint density at radius 2 is 1.95 bits per heavy atom. The molecule has 1 N–H and O–H groups in total. The van der Waals surface area contributed by atoms with E-state index in [-0.39, 0.29) is 5.91 Å². The van der Waals surface area contributed by atoms with Crippen molar-refractivity contribution in [1.82, 2.24) is 0 Å². The number of halogens is 2. The monoisotopic (exact) mass is 444 g/mol. The highest BCUT2D eigenvalue weighted by molar-refractivity contribution is 9.11. The van der Waals surface area contributed by atoms with E-state index in [1.807, 2.05) is 30.3 Å². The third kappa shape index (κ3) is 3.71. The van der Waals surface area contributed by atoms with Gasteiger partial charge in [-0.15, -0.1) is 11.3 Å². The molecule has 0 aliphatic carbocycles. The van der Waals surface area contributed by atoms with E-state index < -0.39 is 0 Å². The van der Waals surface area contributed by atoms with Crippen molar-refractivity contribution in [2.24, 2.45) is 0 Å². The molecule has 0 radical (unpaired) electrons. The summed E-state index contributed by atoms with van der Waals surface area (Å²) in [5, 5.41) is 3.02. The first-order valence-electron chi connectivity index (χ1n) is 6.82. The van der Waals surface area contributed by atoms with E-state index in [0.29, 0.717) is 18.1 Å². The summed E-state index contributed by atoms with van der Waals surface area (Å²) in [5.74, 6) is -0.0942. The molecule has 7 heteroatoms. The van der Waals surface area contributed by atoms with Crippen molar-refractivity contribution >= 4 is 60.5 Å². The zero-order chi connectivity index (χ0) is 15.5. The predicted octanol–water partition coefficient (Wildman–Crippen LogP) is 4.36. The van der Waals surface area contributed by atoms with Gasteiger partial charge in [-0.25, -0.2) is 0 Å². The van der Waals surface area contributed by atoms with E-state index in [2.05, 4.69) is 42.1 Å². The number of hydrogen-bond donors (Lipinski definition) is 1. The predicted molar refractivity (Wildman–Crippen MR) is 97.1 cm³/mol. The van der Waals surface area contributed by atoms with Crippen LogP contribution in [0.15, 0.2) is 38.6 Å². The van der Waals surface area contributed by atoms with Crippen molar-refractivity contribution in [3.8, 4) is 0 Å². The van der Waals surface area contributed by atoms with E-state index in [0.717, 1.165) is 32.7 Å². The van der Waals surface area contributed by atoms with Gasteiger partial charge in [-0.05, 0) is 46.3 Å². The first-order chi connectivity index (χ1) is 10.6. The summed E-state index contributed by atoms with van der Waals surface area (Å²) in [7, 11) is 0. The van der Waals surface area contributed by atoms with Crippen LogP contribution in [-0.2, 0) is 4.74 Å². The molecule has 1 saturated heterocycles. The standard InChI is InChI=1S/C15H14Br2N2O2S/c16-10-1-2-12(19-5-7-21-8-6-19)11(9-10)18-15(20)13-3-4-14(17)22-13/h1-4,9H,5-8H2,(H,18,20). The van der Waals surface area contributed by atoms with Gasteiger partial charge < -0.3 is 15.0 Å². The molecule has 2 aromatic rings. The van der Waals surface area contributed by atoms with Crippen LogP contribution in [0.5, 0.6) is 0 Å². The number of benzene rings is 1. The molecular formula is C15H14Br2N2O2S. The Hall–Kier alpha value is -0.890. The Labute approximate surface area is 149 Å². The quantitative estimate of drug-likeness (QED) is 0.762. The Bertz CT molecular complexity index is 684. The number of morpholine rings is 1. The molecule has 1 amide bonds. The molecule has 2 heterocycles. The normalized spacial score (nSPS) is 14.9. The molecule has 116 valence electrons. The number of hydrogen-bond acceptors (Lipinski definition) is 4. The number of thiophene rings is 1. The van der Waals surface area contributed by atoms with Gasteiger partial charge in [0.25, 0.3) is 5.91 Å². The zero-order valence-electron chi connectivity index (χ0n) is 11.6. The van der Waals surface area contributed by atoms with Gasteiger partial charge in [-0.3, -0.25) is 4.79 Å². The number of carbonyl (C=O) groups is 1. The van der Waals surface area contributed by atoms with E-state index in [1.54, 1.807) is 0 Å². The Kier molecular flexibility index (Phi) is 5.18. The smallest absolute Gasteiger partial charge is 0.265 e. The number of carbonyl (C=O) groups excluding carboxylic acids is 1. The fraction of sp³-hybridized carbons (Fsp3) is 0.267. The molecule has 0 atom stereocenters. The van der Waals surface area contributed by atoms with Crippen LogP contribution in [0.2, 0.25) is 0 Å². The molecule has 1 aromatic heterocycles. The van der Waals surface area contributed by atoms with Crippen molar-refractivity contribution in [2.75, 3.05) is 36.5 Å². The average molecular weight is 446 g/mol. The van der Waals surface area contributed by atoms with Crippen molar-refractivity contribution in [2.45, 2.75) is 0 Å². The molecule has 4 nitrogen and oxygen atoms in total. The summed E-state index contributed by atoms with van der Waals surface area (Å²) in [4.78, 5) is 15.3. The van der Waals surface area contributed by atoms with Crippen LogP contribution in [0.25, 0.3) is 0 Å². The fourth-order valence-electron chi connectivity index (χ4n) is 2.31. The Balaban J connectivity index is 1.85. The van der Waals surface area contributed by atoms with Crippen LogP contribution in [0, 0.1) is 0 Å². The van der Waals surface area contributed by atoms with Crippen molar-refractivity contribution in [3.63, 3.8) is 0 Å². The minimum absolute atomic E-state index is 0.0942.